The van der Waals surface area contributed by atoms with Gasteiger partial charge in [0, 0.05) is 10.5 Å². The number of nitro benzene ring substituents is 1. The Morgan fingerprint density at radius 1 is 1.67 bits per heavy atom. The van der Waals surface area contributed by atoms with E-state index in [9.17, 15) is 10.1 Å². The first kappa shape index (κ1) is 11.9. The molecule has 82 valence electrons. The Bertz CT molecular complexity index is 367. The first-order valence-corrected chi connectivity index (χ1v) is 5.05. The molecule has 0 aliphatic rings. The van der Waals surface area contributed by atoms with Crippen LogP contribution < -0.4 is 4.74 Å². The Kier molecular flexibility index (Phi) is 4.05. The van der Waals surface area contributed by atoms with E-state index in [1.165, 1.54) is 12.1 Å². The number of nitro groups is 1. The maximum atomic E-state index is 10.7. The molecule has 1 rings (SSSR count). The summed E-state index contributed by atoms with van der Waals surface area (Å²) in [6.07, 6.45) is -0.659. The molecular weight excluding hydrogens is 266 g/mol. The number of halogens is 1. The van der Waals surface area contributed by atoms with Crippen LogP contribution in [0.3, 0.4) is 0 Å². The lowest BCUT2D eigenvalue weighted by molar-refractivity contribution is -0.386. The number of hydrogen-bond acceptors (Lipinski definition) is 4. The summed E-state index contributed by atoms with van der Waals surface area (Å²) >= 11 is 3.14. The minimum atomic E-state index is -0.659. The van der Waals surface area contributed by atoms with Gasteiger partial charge in [-0.05, 0) is 19.1 Å². The fourth-order valence-corrected chi connectivity index (χ4v) is 1.31. The molecule has 15 heavy (non-hydrogen) atoms. The number of hydrogen-bond donors (Lipinski definition) is 1. The van der Waals surface area contributed by atoms with Crippen LogP contribution in [-0.4, -0.2) is 22.7 Å². The highest BCUT2D eigenvalue weighted by Crippen LogP contribution is 2.29. The van der Waals surface area contributed by atoms with Crippen molar-refractivity contribution < 1.29 is 14.8 Å². The molecule has 0 amide bonds. The van der Waals surface area contributed by atoms with Crippen LogP contribution in [0.1, 0.15) is 6.92 Å². The lowest BCUT2D eigenvalue weighted by Gasteiger charge is -2.08. The first-order chi connectivity index (χ1) is 7.00. The molecule has 0 saturated heterocycles. The van der Waals surface area contributed by atoms with Crippen LogP contribution in [0.15, 0.2) is 22.7 Å². The second-order valence-electron chi connectivity index (χ2n) is 3.03. The molecule has 0 spiro atoms. The standard InChI is InChI=1S/C9H10BrNO4/c1-6(12)5-15-9-3-2-7(10)4-8(9)11(13)14/h2-4,6,12H,5H2,1H3/t6-/m0/s1. The Morgan fingerprint density at radius 2 is 2.33 bits per heavy atom. The van der Waals surface area contributed by atoms with Gasteiger partial charge >= 0.3 is 5.69 Å². The minimum Gasteiger partial charge on any atom is -0.484 e. The monoisotopic (exact) mass is 275 g/mol. The van der Waals surface area contributed by atoms with Crippen molar-refractivity contribution in [3.63, 3.8) is 0 Å². The highest BCUT2D eigenvalue weighted by atomic mass is 79.9. The molecule has 0 heterocycles. The van der Waals surface area contributed by atoms with E-state index in [0.717, 1.165) is 0 Å². The maximum Gasteiger partial charge on any atom is 0.312 e. The van der Waals surface area contributed by atoms with Crippen LogP contribution in [0.4, 0.5) is 5.69 Å². The van der Waals surface area contributed by atoms with E-state index in [2.05, 4.69) is 15.9 Å². The van der Waals surface area contributed by atoms with Crippen molar-refractivity contribution in [2.24, 2.45) is 0 Å². The molecule has 0 aliphatic carbocycles. The molecule has 0 unspecified atom stereocenters. The van der Waals surface area contributed by atoms with Crippen LogP contribution in [0.2, 0.25) is 0 Å². The van der Waals surface area contributed by atoms with E-state index < -0.39 is 11.0 Å². The molecule has 6 heteroatoms. The molecule has 1 N–H and O–H groups in total. The summed E-state index contributed by atoms with van der Waals surface area (Å²) in [5.74, 6) is 0.157. The lowest BCUT2D eigenvalue weighted by Crippen LogP contribution is -2.13. The van der Waals surface area contributed by atoms with E-state index in [-0.39, 0.29) is 18.0 Å². The summed E-state index contributed by atoms with van der Waals surface area (Å²) in [6.45, 7) is 1.58. The maximum absolute atomic E-state index is 10.7. The highest BCUT2D eigenvalue weighted by molar-refractivity contribution is 9.10. The third kappa shape index (κ3) is 3.49. The Labute approximate surface area is 95.0 Å². The molecule has 0 aromatic heterocycles. The van der Waals surface area contributed by atoms with E-state index >= 15 is 0 Å². The lowest BCUT2D eigenvalue weighted by atomic mass is 10.3. The molecule has 1 atom stereocenters. The van der Waals surface area contributed by atoms with Gasteiger partial charge in [-0.15, -0.1) is 0 Å². The van der Waals surface area contributed by atoms with Crippen LogP contribution >= 0.6 is 15.9 Å². The average Bonchev–Trinajstić information content (AvgIpc) is 2.15. The van der Waals surface area contributed by atoms with Crippen molar-refractivity contribution in [1.82, 2.24) is 0 Å². The number of benzene rings is 1. The smallest absolute Gasteiger partial charge is 0.312 e. The second-order valence-corrected chi connectivity index (χ2v) is 3.94. The number of rotatable bonds is 4. The summed E-state index contributed by atoms with van der Waals surface area (Å²) in [6, 6.07) is 4.49. The van der Waals surface area contributed by atoms with E-state index in [1.807, 2.05) is 0 Å². The van der Waals surface area contributed by atoms with Crippen LogP contribution in [0, 0.1) is 10.1 Å². The topological polar surface area (TPSA) is 72.6 Å². The number of ether oxygens (including phenoxy) is 1. The minimum absolute atomic E-state index is 0.0302. The van der Waals surface area contributed by atoms with Crippen molar-refractivity contribution in [3.8, 4) is 5.75 Å². The van der Waals surface area contributed by atoms with Crippen LogP contribution in [0.25, 0.3) is 0 Å². The fourth-order valence-electron chi connectivity index (χ4n) is 0.966. The van der Waals surface area contributed by atoms with Gasteiger partial charge in [-0.3, -0.25) is 10.1 Å². The van der Waals surface area contributed by atoms with Gasteiger partial charge < -0.3 is 9.84 Å². The fraction of sp³-hybridized carbons (Fsp3) is 0.333. The zero-order valence-electron chi connectivity index (χ0n) is 8.01. The normalized spacial score (nSPS) is 12.2. The predicted molar refractivity (Wildman–Crippen MR) is 58.0 cm³/mol. The third-order valence-corrected chi connectivity index (χ3v) is 2.09. The summed E-state index contributed by atoms with van der Waals surface area (Å²) in [5, 5.41) is 19.7. The summed E-state index contributed by atoms with van der Waals surface area (Å²) in [5.41, 5.74) is -0.120. The number of nitrogens with zero attached hydrogens (tertiary/aromatic N) is 1. The van der Waals surface area contributed by atoms with Gasteiger partial charge in [-0.25, -0.2) is 0 Å². The molecular formula is C9H10BrNO4. The predicted octanol–water partition coefficient (Wildman–Crippen LogP) is 2.12. The summed E-state index contributed by atoms with van der Waals surface area (Å²) < 4.78 is 5.71. The second kappa shape index (κ2) is 5.09. The van der Waals surface area contributed by atoms with E-state index in [0.29, 0.717) is 4.47 Å². The molecule has 0 fully saturated rings. The van der Waals surface area contributed by atoms with Gasteiger partial charge in [0.15, 0.2) is 5.75 Å². The summed E-state index contributed by atoms with van der Waals surface area (Å²) in [4.78, 5) is 10.1. The Morgan fingerprint density at radius 3 is 2.87 bits per heavy atom. The highest BCUT2D eigenvalue weighted by Gasteiger charge is 2.15. The first-order valence-electron chi connectivity index (χ1n) is 4.25. The van der Waals surface area contributed by atoms with Crippen molar-refractivity contribution in [2.75, 3.05) is 6.61 Å². The van der Waals surface area contributed by atoms with Crippen molar-refractivity contribution in [2.45, 2.75) is 13.0 Å². The van der Waals surface area contributed by atoms with Crippen molar-refractivity contribution in [3.05, 3.63) is 32.8 Å². The molecule has 0 aliphatic heterocycles. The van der Waals surface area contributed by atoms with E-state index in [4.69, 9.17) is 9.84 Å². The van der Waals surface area contributed by atoms with Crippen molar-refractivity contribution >= 4 is 21.6 Å². The van der Waals surface area contributed by atoms with Gasteiger partial charge in [0.25, 0.3) is 0 Å². The zero-order chi connectivity index (χ0) is 11.4. The van der Waals surface area contributed by atoms with Crippen LogP contribution in [0.5, 0.6) is 5.75 Å². The quantitative estimate of drug-likeness (QED) is 0.675. The molecule has 0 bridgehead atoms. The third-order valence-electron chi connectivity index (χ3n) is 1.60. The van der Waals surface area contributed by atoms with Gasteiger partial charge in [-0.2, -0.15) is 0 Å². The van der Waals surface area contributed by atoms with Gasteiger partial charge in [0.1, 0.15) is 6.61 Å². The van der Waals surface area contributed by atoms with Gasteiger partial charge in [0.05, 0.1) is 11.0 Å². The number of aliphatic hydroxyl groups excluding tert-OH is 1. The van der Waals surface area contributed by atoms with Gasteiger partial charge in [-0.1, -0.05) is 15.9 Å². The summed E-state index contributed by atoms with van der Waals surface area (Å²) in [7, 11) is 0. The van der Waals surface area contributed by atoms with E-state index in [1.54, 1.807) is 13.0 Å². The largest absolute Gasteiger partial charge is 0.484 e. The molecule has 1 aromatic rings. The Hall–Kier alpha value is -1.14. The SMILES string of the molecule is C[C@H](O)COc1ccc(Br)cc1[N+](=O)[O-]. The van der Waals surface area contributed by atoms with Gasteiger partial charge in [0.2, 0.25) is 0 Å². The molecule has 0 saturated carbocycles. The zero-order valence-corrected chi connectivity index (χ0v) is 9.60. The van der Waals surface area contributed by atoms with Crippen molar-refractivity contribution in [1.29, 1.82) is 0 Å². The molecule has 0 radical (unpaired) electrons. The molecule has 1 aromatic carbocycles. The number of aliphatic hydroxyl groups is 1. The average molecular weight is 276 g/mol. The van der Waals surface area contributed by atoms with Crippen LogP contribution in [-0.2, 0) is 0 Å². The molecule has 5 nitrogen and oxygen atoms in total. The Balaban J connectivity index is 2.91.